The van der Waals surface area contributed by atoms with Gasteiger partial charge in [-0.2, -0.15) is 0 Å². The van der Waals surface area contributed by atoms with Gasteiger partial charge in [-0.3, -0.25) is 4.90 Å². The molecule has 2 aromatic carbocycles. The lowest BCUT2D eigenvalue weighted by Gasteiger charge is -2.15. The Morgan fingerprint density at radius 1 is 1.29 bits per heavy atom. The second-order valence-electron chi connectivity index (χ2n) is 7.52. The van der Waals surface area contributed by atoms with Crippen LogP contribution in [0.5, 0.6) is 0 Å². The molecule has 1 saturated heterocycles. The molecule has 0 bridgehead atoms. The molecule has 1 aliphatic heterocycles. The van der Waals surface area contributed by atoms with Gasteiger partial charge >= 0.3 is 6.09 Å². The van der Waals surface area contributed by atoms with Crippen LogP contribution in [0.15, 0.2) is 54.7 Å². The van der Waals surface area contributed by atoms with E-state index in [-0.39, 0.29) is 12.6 Å². The van der Waals surface area contributed by atoms with Gasteiger partial charge in [0.2, 0.25) is 0 Å². The SMILES string of the molecule is C=C(C)NC[C@H]1CN(c2ccc(-c3ccc(CNCC(F)CF)cc3)c(F)c2)C(=O)O1. The van der Waals surface area contributed by atoms with E-state index in [4.69, 9.17) is 4.74 Å². The average molecular weight is 433 g/mol. The number of benzene rings is 2. The summed E-state index contributed by atoms with van der Waals surface area (Å²) in [5.74, 6) is -0.456. The summed E-state index contributed by atoms with van der Waals surface area (Å²) in [6, 6.07) is 11.8. The molecule has 0 saturated carbocycles. The summed E-state index contributed by atoms with van der Waals surface area (Å²) in [6.07, 6.45) is -2.37. The first kappa shape index (κ1) is 22.7. The number of nitrogens with one attached hydrogen (secondary N) is 2. The summed E-state index contributed by atoms with van der Waals surface area (Å²) < 4.78 is 45.2. The van der Waals surface area contributed by atoms with E-state index >= 15 is 0 Å². The molecular weight excluding hydrogens is 407 g/mol. The Hall–Kier alpha value is -3.00. The molecule has 1 heterocycles. The van der Waals surface area contributed by atoms with Crippen LogP contribution in [0.1, 0.15) is 12.5 Å². The number of carbonyl (C=O) groups is 1. The number of hydrogen-bond acceptors (Lipinski definition) is 4. The minimum atomic E-state index is -1.52. The topological polar surface area (TPSA) is 53.6 Å². The molecule has 8 heteroatoms. The summed E-state index contributed by atoms with van der Waals surface area (Å²) in [5, 5.41) is 5.87. The molecule has 0 aromatic heterocycles. The molecule has 31 heavy (non-hydrogen) atoms. The first-order valence-electron chi connectivity index (χ1n) is 10.0. The van der Waals surface area contributed by atoms with E-state index < -0.39 is 24.8 Å². The van der Waals surface area contributed by atoms with Crippen molar-refractivity contribution in [3.8, 4) is 11.1 Å². The fourth-order valence-electron chi connectivity index (χ4n) is 3.26. The number of allylic oxidation sites excluding steroid dienone is 1. The van der Waals surface area contributed by atoms with E-state index in [1.54, 1.807) is 36.4 Å². The van der Waals surface area contributed by atoms with E-state index in [2.05, 4.69) is 17.2 Å². The summed E-state index contributed by atoms with van der Waals surface area (Å²) in [6.45, 7) is 5.65. The molecule has 2 aromatic rings. The van der Waals surface area contributed by atoms with Crippen molar-refractivity contribution in [1.82, 2.24) is 10.6 Å². The lowest BCUT2D eigenvalue weighted by Crippen LogP contribution is -2.30. The Labute approximate surface area is 179 Å². The largest absolute Gasteiger partial charge is 0.442 e. The first-order valence-corrected chi connectivity index (χ1v) is 10.0. The van der Waals surface area contributed by atoms with E-state index in [9.17, 15) is 18.0 Å². The molecule has 166 valence electrons. The minimum Gasteiger partial charge on any atom is -0.442 e. The van der Waals surface area contributed by atoms with E-state index in [0.29, 0.717) is 36.4 Å². The van der Waals surface area contributed by atoms with Gasteiger partial charge in [0.15, 0.2) is 0 Å². The summed E-state index contributed by atoms with van der Waals surface area (Å²) >= 11 is 0. The van der Waals surface area contributed by atoms with Crippen LogP contribution in [-0.2, 0) is 11.3 Å². The normalized spacial score (nSPS) is 16.8. The zero-order valence-corrected chi connectivity index (χ0v) is 17.3. The van der Waals surface area contributed by atoms with Crippen LogP contribution in [0, 0.1) is 5.82 Å². The molecule has 0 radical (unpaired) electrons. The maximum Gasteiger partial charge on any atom is 0.414 e. The number of amides is 1. The van der Waals surface area contributed by atoms with Crippen molar-refractivity contribution in [2.45, 2.75) is 25.7 Å². The quantitative estimate of drug-likeness (QED) is 0.585. The number of hydrogen-bond donors (Lipinski definition) is 2. The molecule has 2 N–H and O–H groups in total. The first-order chi connectivity index (χ1) is 14.9. The summed E-state index contributed by atoms with van der Waals surface area (Å²) in [7, 11) is 0. The van der Waals surface area contributed by atoms with Gasteiger partial charge in [-0.1, -0.05) is 30.8 Å². The highest BCUT2D eigenvalue weighted by atomic mass is 19.2. The maximum atomic E-state index is 14.8. The molecule has 3 rings (SSSR count). The number of ether oxygens (including phenoxy) is 1. The molecular formula is C23H26F3N3O2. The van der Waals surface area contributed by atoms with Crippen LogP contribution >= 0.6 is 0 Å². The zero-order chi connectivity index (χ0) is 22.4. The maximum absolute atomic E-state index is 14.8. The highest BCUT2D eigenvalue weighted by Crippen LogP contribution is 2.29. The molecule has 1 fully saturated rings. The third kappa shape index (κ3) is 6.01. The van der Waals surface area contributed by atoms with Crippen molar-refractivity contribution in [1.29, 1.82) is 0 Å². The smallest absolute Gasteiger partial charge is 0.414 e. The van der Waals surface area contributed by atoms with Crippen molar-refractivity contribution in [2.75, 3.05) is 31.2 Å². The number of anilines is 1. The molecule has 1 aliphatic rings. The van der Waals surface area contributed by atoms with Gasteiger partial charge in [-0.15, -0.1) is 0 Å². The average Bonchev–Trinajstić information content (AvgIpc) is 3.13. The molecule has 2 atom stereocenters. The standard InChI is InChI=1S/C23H26F3N3O2/c1-15(2)28-13-20-14-29(23(30)31-20)19-7-8-21(22(26)9-19)17-5-3-16(4-6-17)11-27-12-18(25)10-24/h3-9,18,20,27-28H,1,10-14H2,2H3/t18?,20-/m0/s1. The Kier molecular flexibility index (Phi) is 7.57. The number of alkyl halides is 2. The number of nitrogens with zero attached hydrogens (tertiary/aromatic N) is 1. The van der Waals surface area contributed by atoms with Gasteiger partial charge in [-0.25, -0.2) is 18.0 Å². The van der Waals surface area contributed by atoms with Gasteiger partial charge in [0, 0.05) is 24.4 Å². The molecule has 0 spiro atoms. The third-order valence-electron chi connectivity index (χ3n) is 4.90. The van der Waals surface area contributed by atoms with Gasteiger partial charge in [0.05, 0.1) is 18.8 Å². The molecule has 5 nitrogen and oxygen atoms in total. The van der Waals surface area contributed by atoms with Crippen LogP contribution in [0.2, 0.25) is 0 Å². The van der Waals surface area contributed by atoms with E-state index in [1.165, 1.54) is 11.0 Å². The lowest BCUT2D eigenvalue weighted by molar-refractivity contribution is 0.141. The monoisotopic (exact) mass is 433 g/mol. The molecule has 0 aliphatic carbocycles. The Bertz CT molecular complexity index is 921. The van der Waals surface area contributed by atoms with Crippen molar-refractivity contribution >= 4 is 11.8 Å². The highest BCUT2D eigenvalue weighted by molar-refractivity contribution is 5.90. The predicted octanol–water partition coefficient (Wildman–Crippen LogP) is 4.34. The van der Waals surface area contributed by atoms with Gasteiger partial charge in [0.25, 0.3) is 0 Å². The zero-order valence-electron chi connectivity index (χ0n) is 17.3. The Balaban J connectivity index is 1.64. The van der Waals surface area contributed by atoms with E-state index in [0.717, 1.165) is 11.3 Å². The molecule has 1 unspecified atom stereocenters. The Morgan fingerprint density at radius 3 is 2.68 bits per heavy atom. The summed E-state index contributed by atoms with van der Waals surface area (Å²) in [4.78, 5) is 13.6. The molecule has 1 amide bonds. The van der Waals surface area contributed by atoms with Gasteiger partial charge in [-0.05, 0) is 36.2 Å². The van der Waals surface area contributed by atoms with Crippen molar-refractivity contribution in [3.05, 3.63) is 66.1 Å². The Morgan fingerprint density at radius 2 is 2.03 bits per heavy atom. The number of rotatable bonds is 10. The van der Waals surface area contributed by atoms with Crippen LogP contribution in [0.4, 0.5) is 23.7 Å². The summed E-state index contributed by atoms with van der Waals surface area (Å²) in [5.41, 5.74) is 3.16. The fraction of sp³-hybridized carbons (Fsp3) is 0.348. The fourth-order valence-corrected chi connectivity index (χ4v) is 3.26. The number of carbonyl (C=O) groups excluding carboxylic acids is 1. The van der Waals surface area contributed by atoms with Gasteiger partial charge < -0.3 is 15.4 Å². The van der Waals surface area contributed by atoms with Crippen molar-refractivity contribution < 1.29 is 22.7 Å². The van der Waals surface area contributed by atoms with Crippen molar-refractivity contribution in [3.63, 3.8) is 0 Å². The van der Waals surface area contributed by atoms with Crippen LogP contribution in [-0.4, -0.2) is 44.7 Å². The van der Waals surface area contributed by atoms with Crippen LogP contribution in [0.25, 0.3) is 11.1 Å². The highest BCUT2D eigenvalue weighted by Gasteiger charge is 2.32. The minimum absolute atomic E-state index is 0.0581. The van der Waals surface area contributed by atoms with Crippen molar-refractivity contribution in [2.24, 2.45) is 0 Å². The number of cyclic esters (lactones) is 1. The second kappa shape index (κ2) is 10.3. The third-order valence-corrected chi connectivity index (χ3v) is 4.90. The van der Waals surface area contributed by atoms with Gasteiger partial charge in [0.1, 0.15) is 24.8 Å². The lowest BCUT2D eigenvalue weighted by atomic mass is 10.0. The number of halogens is 3. The van der Waals surface area contributed by atoms with Crippen LogP contribution in [0.3, 0.4) is 0 Å². The second-order valence-corrected chi connectivity index (χ2v) is 7.52. The predicted molar refractivity (Wildman–Crippen MR) is 115 cm³/mol. The van der Waals surface area contributed by atoms with E-state index in [1.807, 2.05) is 6.92 Å². The van der Waals surface area contributed by atoms with Crippen LogP contribution < -0.4 is 15.5 Å².